The third-order valence-corrected chi connectivity index (χ3v) is 1.99. The Bertz CT molecular complexity index is 340. The fraction of sp³-hybridized carbons (Fsp3) is 0.250. The lowest BCUT2D eigenvalue weighted by atomic mass is 10.2. The second kappa shape index (κ2) is 4.61. The predicted molar refractivity (Wildman–Crippen MR) is 56.6 cm³/mol. The Morgan fingerprint density at radius 2 is 2.36 bits per heavy atom. The summed E-state index contributed by atoms with van der Waals surface area (Å²) < 4.78 is 0. The zero-order valence-corrected chi connectivity index (χ0v) is 8.41. The topological polar surface area (TPSA) is 80.9 Å². The highest BCUT2D eigenvalue weighted by molar-refractivity contribution is 7.80. The summed E-state index contributed by atoms with van der Waals surface area (Å²) in [6.07, 6.45) is 4.46. The fourth-order valence-corrected chi connectivity index (χ4v) is 0.834. The Morgan fingerprint density at radius 3 is 2.86 bits per heavy atom. The van der Waals surface area contributed by atoms with Crippen molar-refractivity contribution in [1.29, 1.82) is 0 Å². The van der Waals surface area contributed by atoms with E-state index in [9.17, 15) is 4.79 Å². The number of carbonyl (C=O) groups excluding carboxylic acids is 1. The lowest BCUT2D eigenvalue weighted by Gasteiger charge is -2.08. The van der Waals surface area contributed by atoms with E-state index in [0.717, 1.165) is 0 Å². The van der Waals surface area contributed by atoms with Gasteiger partial charge in [-0.3, -0.25) is 9.78 Å². The van der Waals surface area contributed by atoms with Gasteiger partial charge >= 0.3 is 0 Å². The molecule has 1 aromatic rings. The normalized spacial score (nSPS) is 11.8. The van der Waals surface area contributed by atoms with Crippen molar-refractivity contribution in [3.63, 3.8) is 0 Å². The standard InChI is InChI=1S/C8H10N4OS/c1-5(7(9)14)8(13)12-6-4-10-2-3-11-6/h2-5H,1H3,(H2,9,14)(H,11,12,13). The number of nitrogens with one attached hydrogen (secondary N) is 1. The van der Waals surface area contributed by atoms with E-state index in [1.807, 2.05) is 0 Å². The van der Waals surface area contributed by atoms with Crippen LogP contribution < -0.4 is 11.1 Å². The van der Waals surface area contributed by atoms with Crippen LogP contribution in [-0.4, -0.2) is 20.9 Å². The van der Waals surface area contributed by atoms with Gasteiger partial charge in [-0.25, -0.2) is 4.98 Å². The van der Waals surface area contributed by atoms with E-state index in [-0.39, 0.29) is 10.9 Å². The molecule has 1 amide bonds. The van der Waals surface area contributed by atoms with E-state index in [4.69, 9.17) is 18.0 Å². The highest BCUT2D eigenvalue weighted by Gasteiger charge is 2.15. The number of nitrogens with two attached hydrogens (primary N) is 1. The molecule has 0 spiro atoms. The molecule has 0 bridgehead atoms. The first-order valence-electron chi connectivity index (χ1n) is 3.97. The molecule has 1 rings (SSSR count). The molecule has 0 saturated carbocycles. The van der Waals surface area contributed by atoms with Crippen molar-refractivity contribution in [3.05, 3.63) is 18.6 Å². The Morgan fingerprint density at radius 1 is 1.64 bits per heavy atom. The number of rotatable bonds is 3. The molecule has 0 saturated heterocycles. The highest BCUT2D eigenvalue weighted by atomic mass is 32.1. The lowest BCUT2D eigenvalue weighted by molar-refractivity contribution is -0.117. The molecule has 0 radical (unpaired) electrons. The summed E-state index contributed by atoms with van der Waals surface area (Å²) in [5.41, 5.74) is 5.33. The van der Waals surface area contributed by atoms with Crippen molar-refractivity contribution in [1.82, 2.24) is 9.97 Å². The molecule has 1 atom stereocenters. The fourth-order valence-electron chi connectivity index (χ4n) is 0.727. The van der Waals surface area contributed by atoms with Crippen LogP contribution in [0, 0.1) is 5.92 Å². The maximum Gasteiger partial charge on any atom is 0.235 e. The van der Waals surface area contributed by atoms with Crippen LogP contribution in [0.3, 0.4) is 0 Å². The van der Waals surface area contributed by atoms with E-state index >= 15 is 0 Å². The summed E-state index contributed by atoms with van der Waals surface area (Å²) in [5.74, 6) is -0.398. The summed E-state index contributed by atoms with van der Waals surface area (Å²) in [7, 11) is 0. The smallest absolute Gasteiger partial charge is 0.235 e. The molecule has 0 aliphatic carbocycles. The van der Waals surface area contributed by atoms with E-state index in [0.29, 0.717) is 5.82 Å². The lowest BCUT2D eigenvalue weighted by Crippen LogP contribution is -2.31. The molecular formula is C8H10N4OS. The van der Waals surface area contributed by atoms with Gasteiger partial charge in [-0.2, -0.15) is 0 Å². The minimum absolute atomic E-state index is 0.159. The Hall–Kier alpha value is -1.56. The zero-order chi connectivity index (χ0) is 10.6. The van der Waals surface area contributed by atoms with Crippen LogP contribution in [0.5, 0.6) is 0 Å². The minimum Gasteiger partial charge on any atom is -0.393 e. The van der Waals surface area contributed by atoms with Gasteiger partial charge in [0.15, 0.2) is 5.82 Å². The van der Waals surface area contributed by atoms with Crippen LogP contribution in [0.15, 0.2) is 18.6 Å². The molecule has 0 aromatic carbocycles. The first-order valence-corrected chi connectivity index (χ1v) is 4.38. The molecule has 0 aliphatic rings. The maximum atomic E-state index is 11.4. The van der Waals surface area contributed by atoms with E-state index < -0.39 is 5.92 Å². The van der Waals surface area contributed by atoms with Gasteiger partial charge in [-0.1, -0.05) is 12.2 Å². The molecule has 1 unspecified atom stereocenters. The Labute approximate surface area is 86.7 Å². The van der Waals surface area contributed by atoms with Crippen LogP contribution >= 0.6 is 12.2 Å². The van der Waals surface area contributed by atoms with Gasteiger partial charge in [0.05, 0.1) is 17.1 Å². The zero-order valence-electron chi connectivity index (χ0n) is 7.60. The monoisotopic (exact) mass is 210 g/mol. The van der Waals surface area contributed by atoms with Crippen LogP contribution in [-0.2, 0) is 4.79 Å². The summed E-state index contributed by atoms with van der Waals surface area (Å²) in [6.45, 7) is 1.63. The van der Waals surface area contributed by atoms with Gasteiger partial charge in [0.25, 0.3) is 0 Å². The van der Waals surface area contributed by atoms with Gasteiger partial charge in [0.2, 0.25) is 5.91 Å². The number of carbonyl (C=O) groups is 1. The first-order chi connectivity index (χ1) is 6.61. The van der Waals surface area contributed by atoms with Gasteiger partial charge in [-0.05, 0) is 6.92 Å². The van der Waals surface area contributed by atoms with Crippen molar-refractivity contribution in [2.24, 2.45) is 11.7 Å². The average molecular weight is 210 g/mol. The van der Waals surface area contributed by atoms with E-state index in [1.165, 1.54) is 18.6 Å². The molecule has 1 aromatic heterocycles. The molecule has 14 heavy (non-hydrogen) atoms. The molecule has 3 N–H and O–H groups in total. The Balaban J connectivity index is 2.62. The SMILES string of the molecule is CC(C(=O)Nc1cnccn1)C(N)=S. The van der Waals surface area contributed by atoms with Crippen LogP contribution in [0.25, 0.3) is 0 Å². The highest BCUT2D eigenvalue weighted by Crippen LogP contribution is 2.02. The Kier molecular flexibility index (Phi) is 3.47. The molecule has 0 aliphatic heterocycles. The van der Waals surface area contributed by atoms with Crippen molar-refractivity contribution >= 4 is 28.9 Å². The van der Waals surface area contributed by atoms with Gasteiger partial charge in [0.1, 0.15) is 0 Å². The minimum atomic E-state index is -0.507. The maximum absolute atomic E-state index is 11.4. The van der Waals surface area contributed by atoms with Crippen molar-refractivity contribution in [2.45, 2.75) is 6.92 Å². The first kappa shape index (κ1) is 10.5. The second-order valence-electron chi connectivity index (χ2n) is 2.70. The largest absolute Gasteiger partial charge is 0.393 e. The molecule has 5 nitrogen and oxygen atoms in total. The summed E-state index contributed by atoms with van der Waals surface area (Å²) in [5, 5.41) is 2.54. The van der Waals surface area contributed by atoms with Crippen LogP contribution in [0.2, 0.25) is 0 Å². The number of hydrogen-bond donors (Lipinski definition) is 2. The molecule has 74 valence electrons. The van der Waals surface area contributed by atoms with Gasteiger partial charge in [0, 0.05) is 12.4 Å². The number of anilines is 1. The van der Waals surface area contributed by atoms with Gasteiger partial charge in [-0.15, -0.1) is 0 Å². The number of aromatic nitrogens is 2. The van der Waals surface area contributed by atoms with Crippen molar-refractivity contribution in [2.75, 3.05) is 5.32 Å². The quantitative estimate of drug-likeness (QED) is 0.703. The third-order valence-electron chi connectivity index (χ3n) is 1.63. The van der Waals surface area contributed by atoms with Crippen molar-refractivity contribution in [3.8, 4) is 0 Å². The summed E-state index contributed by atoms with van der Waals surface area (Å²) in [6, 6.07) is 0. The van der Waals surface area contributed by atoms with E-state index in [2.05, 4.69) is 15.3 Å². The summed E-state index contributed by atoms with van der Waals surface area (Å²) >= 11 is 4.69. The predicted octanol–water partition coefficient (Wildman–Crippen LogP) is 0.337. The number of nitrogens with zero attached hydrogens (tertiary/aromatic N) is 2. The van der Waals surface area contributed by atoms with Crippen molar-refractivity contribution < 1.29 is 4.79 Å². The number of thiocarbonyl (C=S) groups is 1. The third kappa shape index (κ3) is 2.74. The molecule has 0 fully saturated rings. The second-order valence-corrected chi connectivity index (χ2v) is 3.18. The molecular weight excluding hydrogens is 200 g/mol. The number of amides is 1. The van der Waals surface area contributed by atoms with Crippen LogP contribution in [0.1, 0.15) is 6.92 Å². The summed E-state index contributed by atoms with van der Waals surface area (Å²) in [4.78, 5) is 19.2. The van der Waals surface area contributed by atoms with E-state index in [1.54, 1.807) is 6.92 Å². The molecule has 6 heteroatoms. The van der Waals surface area contributed by atoms with Gasteiger partial charge < -0.3 is 11.1 Å². The average Bonchev–Trinajstić information content (AvgIpc) is 2.18. The van der Waals surface area contributed by atoms with Crippen LogP contribution in [0.4, 0.5) is 5.82 Å². The number of hydrogen-bond acceptors (Lipinski definition) is 4. The molecule has 1 heterocycles.